The van der Waals surface area contributed by atoms with Crippen molar-refractivity contribution in [2.24, 2.45) is 0 Å². The minimum Gasteiger partial charge on any atom is -0.350 e. The lowest BCUT2D eigenvalue weighted by Crippen LogP contribution is -2.32. The topological polar surface area (TPSA) is 42.0 Å². The number of hydrogen-bond acceptors (Lipinski definition) is 2. The van der Waals surface area contributed by atoms with Crippen LogP contribution in [0, 0.1) is 0 Å². The summed E-state index contributed by atoms with van der Waals surface area (Å²) in [5.41, 5.74) is 1.54. The molecule has 0 saturated carbocycles. The summed E-state index contributed by atoms with van der Waals surface area (Å²) < 4.78 is 0. The van der Waals surface area contributed by atoms with E-state index >= 15 is 0 Å². The first-order chi connectivity index (χ1) is 8.22. The van der Waals surface area contributed by atoms with Gasteiger partial charge in [0.05, 0.1) is 5.52 Å². The van der Waals surface area contributed by atoms with Crippen molar-refractivity contribution in [1.82, 2.24) is 10.3 Å². The molecule has 1 N–H and O–H groups in total. The zero-order valence-corrected chi connectivity index (χ0v) is 10.1. The third kappa shape index (κ3) is 2.44. The molecule has 1 amide bonds. The third-order valence-electron chi connectivity index (χ3n) is 2.88. The van der Waals surface area contributed by atoms with Crippen molar-refractivity contribution in [2.45, 2.75) is 26.3 Å². The average Bonchev–Trinajstić information content (AvgIpc) is 2.37. The Kier molecular flexibility index (Phi) is 3.38. The van der Waals surface area contributed by atoms with E-state index < -0.39 is 0 Å². The minimum absolute atomic E-state index is 0.0297. The maximum absolute atomic E-state index is 12.1. The molecule has 0 aliphatic rings. The molecule has 3 nitrogen and oxygen atoms in total. The number of amides is 1. The van der Waals surface area contributed by atoms with Gasteiger partial charge >= 0.3 is 0 Å². The highest BCUT2D eigenvalue weighted by atomic mass is 16.1. The number of fused-ring (bicyclic) bond motifs is 1. The Hall–Kier alpha value is -1.90. The van der Waals surface area contributed by atoms with Gasteiger partial charge in [-0.25, -0.2) is 0 Å². The Bertz CT molecular complexity index is 531. The molecule has 88 valence electrons. The molecule has 1 aromatic carbocycles. The van der Waals surface area contributed by atoms with Crippen molar-refractivity contribution in [3.05, 3.63) is 42.1 Å². The molecule has 1 aromatic heterocycles. The van der Waals surface area contributed by atoms with E-state index in [1.807, 2.05) is 37.3 Å². The second-order valence-electron chi connectivity index (χ2n) is 4.16. The van der Waals surface area contributed by atoms with E-state index in [1.54, 1.807) is 6.20 Å². The molecule has 1 atom stereocenters. The zero-order valence-electron chi connectivity index (χ0n) is 10.1. The van der Waals surface area contributed by atoms with E-state index in [1.165, 1.54) is 0 Å². The van der Waals surface area contributed by atoms with Gasteiger partial charge < -0.3 is 5.32 Å². The van der Waals surface area contributed by atoms with Crippen molar-refractivity contribution in [3.8, 4) is 0 Å². The largest absolute Gasteiger partial charge is 0.350 e. The van der Waals surface area contributed by atoms with Crippen LogP contribution in [0.2, 0.25) is 0 Å². The first-order valence-corrected chi connectivity index (χ1v) is 5.87. The smallest absolute Gasteiger partial charge is 0.252 e. The number of nitrogens with zero attached hydrogens (tertiary/aromatic N) is 1. The van der Waals surface area contributed by atoms with Crippen LogP contribution in [-0.2, 0) is 0 Å². The van der Waals surface area contributed by atoms with Gasteiger partial charge in [-0.2, -0.15) is 0 Å². The Balaban J connectivity index is 2.38. The van der Waals surface area contributed by atoms with Crippen molar-refractivity contribution < 1.29 is 4.79 Å². The van der Waals surface area contributed by atoms with E-state index in [0.717, 1.165) is 17.3 Å². The lowest BCUT2D eigenvalue weighted by molar-refractivity contribution is 0.0941. The van der Waals surface area contributed by atoms with Crippen LogP contribution in [0.4, 0.5) is 0 Å². The highest BCUT2D eigenvalue weighted by molar-refractivity contribution is 6.06. The second kappa shape index (κ2) is 4.95. The van der Waals surface area contributed by atoms with Gasteiger partial charge in [0.25, 0.3) is 5.91 Å². The monoisotopic (exact) mass is 228 g/mol. The van der Waals surface area contributed by atoms with Gasteiger partial charge in [-0.05, 0) is 31.5 Å². The number of aromatic nitrogens is 1. The molecule has 0 spiro atoms. The van der Waals surface area contributed by atoms with Crippen molar-refractivity contribution in [3.63, 3.8) is 0 Å². The fourth-order valence-electron chi connectivity index (χ4n) is 1.70. The minimum atomic E-state index is -0.0297. The van der Waals surface area contributed by atoms with E-state index in [4.69, 9.17) is 0 Å². The predicted molar refractivity (Wildman–Crippen MR) is 69.0 cm³/mol. The van der Waals surface area contributed by atoms with Crippen LogP contribution >= 0.6 is 0 Å². The number of rotatable bonds is 3. The normalized spacial score (nSPS) is 12.4. The highest BCUT2D eigenvalue weighted by Crippen LogP contribution is 2.16. The molecular formula is C14H16N2O. The number of carbonyl (C=O) groups is 1. The molecule has 0 bridgehead atoms. The van der Waals surface area contributed by atoms with Crippen LogP contribution in [0.3, 0.4) is 0 Å². The van der Waals surface area contributed by atoms with Gasteiger partial charge in [0.15, 0.2) is 0 Å². The number of carbonyl (C=O) groups excluding carboxylic acids is 1. The number of nitrogens with one attached hydrogen (secondary N) is 1. The third-order valence-corrected chi connectivity index (χ3v) is 2.88. The Labute approximate surface area is 101 Å². The SMILES string of the molecule is CCC(C)NC(=O)c1cccc2ncccc12. The maximum atomic E-state index is 12.1. The first-order valence-electron chi connectivity index (χ1n) is 5.87. The van der Waals surface area contributed by atoms with E-state index in [2.05, 4.69) is 17.2 Å². The predicted octanol–water partition coefficient (Wildman–Crippen LogP) is 2.76. The summed E-state index contributed by atoms with van der Waals surface area (Å²) >= 11 is 0. The van der Waals surface area contributed by atoms with E-state index in [9.17, 15) is 4.79 Å². The summed E-state index contributed by atoms with van der Waals surface area (Å²) in [6.45, 7) is 4.05. The van der Waals surface area contributed by atoms with Crippen LogP contribution in [0.25, 0.3) is 10.9 Å². The zero-order chi connectivity index (χ0) is 12.3. The van der Waals surface area contributed by atoms with Gasteiger partial charge in [0.2, 0.25) is 0 Å². The number of benzene rings is 1. The molecule has 2 aromatic rings. The van der Waals surface area contributed by atoms with Gasteiger partial charge in [0.1, 0.15) is 0 Å². The molecule has 0 aliphatic heterocycles. The van der Waals surface area contributed by atoms with Crippen molar-refractivity contribution in [1.29, 1.82) is 0 Å². The lowest BCUT2D eigenvalue weighted by atomic mass is 10.1. The van der Waals surface area contributed by atoms with Gasteiger partial charge in [-0.15, -0.1) is 0 Å². The van der Waals surface area contributed by atoms with Crippen LogP contribution in [0.1, 0.15) is 30.6 Å². The number of hydrogen-bond donors (Lipinski definition) is 1. The number of pyridine rings is 1. The quantitative estimate of drug-likeness (QED) is 0.877. The summed E-state index contributed by atoms with van der Waals surface area (Å²) in [6.07, 6.45) is 2.66. The highest BCUT2D eigenvalue weighted by Gasteiger charge is 2.11. The molecule has 1 unspecified atom stereocenters. The Morgan fingerprint density at radius 1 is 1.35 bits per heavy atom. The molecule has 17 heavy (non-hydrogen) atoms. The van der Waals surface area contributed by atoms with E-state index in [0.29, 0.717) is 5.56 Å². The van der Waals surface area contributed by atoms with Crippen LogP contribution < -0.4 is 5.32 Å². The molecule has 0 aliphatic carbocycles. The first kappa shape index (κ1) is 11.6. The molecule has 3 heteroatoms. The fourth-order valence-corrected chi connectivity index (χ4v) is 1.70. The van der Waals surface area contributed by atoms with Crippen molar-refractivity contribution in [2.75, 3.05) is 0 Å². The standard InChI is InChI=1S/C14H16N2O/c1-3-10(2)16-14(17)12-6-4-8-13-11(12)7-5-9-15-13/h4-10H,3H2,1-2H3,(H,16,17). The summed E-state index contributed by atoms with van der Waals surface area (Å²) in [5, 5.41) is 3.87. The molecule has 0 fully saturated rings. The van der Waals surface area contributed by atoms with Crippen LogP contribution in [0.5, 0.6) is 0 Å². The van der Waals surface area contributed by atoms with Crippen LogP contribution in [-0.4, -0.2) is 16.9 Å². The summed E-state index contributed by atoms with van der Waals surface area (Å²) in [5.74, 6) is -0.0297. The van der Waals surface area contributed by atoms with Gasteiger partial charge in [-0.3, -0.25) is 9.78 Å². The molecule has 0 radical (unpaired) electrons. The van der Waals surface area contributed by atoms with Crippen molar-refractivity contribution >= 4 is 16.8 Å². The summed E-state index contributed by atoms with van der Waals surface area (Å²) in [6, 6.07) is 9.57. The molecule has 1 heterocycles. The summed E-state index contributed by atoms with van der Waals surface area (Å²) in [7, 11) is 0. The molecule has 0 saturated heterocycles. The van der Waals surface area contributed by atoms with Gasteiger partial charge in [-0.1, -0.05) is 19.1 Å². The Morgan fingerprint density at radius 2 is 2.18 bits per heavy atom. The molecular weight excluding hydrogens is 212 g/mol. The average molecular weight is 228 g/mol. The molecule has 2 rings (SSSR count). The maximum Gasteiger partial charge on any atom is 0.252 e. The summed E-state index contributed by atoms with van der Waals surface area (Å²) in [4.78, 5) is 16.3. The fraction of sp³-hybridized carbons (Fsp3) is 0.286. The van der Waals surface area contributed by atoms with Gasteiger partial charge in [0, 0.05) is 23.2 Å². The second-order valence-corrected chi connectivity index (χ2v) is 4.16. The van der Waals surface area contributed by atoms with E-state index in [-0.39, 0.29) is 11.9 Å². The Morgan fingerprint density at radius 3 is 2.94 bits per heavy atom. The lowest BCUT2D eigenvalue weighted by Gasteiger charge is -2.12. The van der Waals surface area contributed by atoms with Crippen LogP contribution in [0.15, 0.2) is 36.5 Å².